The Morgan fingerprint density at radius 3 is 2.57 bits per heavy atom. The number of allylic oxidation sites excluding steroid dienone is 2. The molecule has 2 aliphatic rings. The molecule has 2 aromatic carbocycles. The van der Waals surface area contributed by atoms with Crippen molar-refractivity contribution in [3.8, 4) is 5.75 Å². The molecule has 0 spiro atoms. The fourth-order valence-electron chi connectivity index (χ4n) is 3.31. The van der Waals surface area contributed by atoms with Gasteiger partial charge in [0.15, 0.2) is 11.8 Å². The van der Waals surface area contributed by atoms with Crippen molar-refractivity contribution < 1.29 is 8.74 Å². The molecule has 0 saturated heterocycles. The van der Waals surface area contributed by atoms with Crippen LogP contribution in [0.2, 0.25) is 0 Å². The molecule has 2 heterocycles. The Bertz CT molecular complexity index is 1020. The minimum absolute atomic E-state index is 0.00174. The van der Waals surface area contributed by atoms with E-state index in [-0.39, 0.29) is 9.42 Å². The summed E-state index contributed by atoms with van der Waals surface area (Å²) >= 11 is 7.03. The number of rotatable bonds is 4. The van der Waals surface area contributed by atoms with E-state index in [1.807, 2.05) is 60.8 Å². The van der Waals surface area contributed by atoms with Crippen molar-refractivity contribution in [2.24, 2.45) is 15.4 Å². The molecule has 4 rings (SSSR count). The molecule has 0 aliphatic carbocycles. The van der Waals surface area contributed by atoms with E-state index in [4.69, 9.17) is 21.5 Å². The third-order valence-electron chi connectivity index (χ3n) is 4.73. The second kappa shape index (κ2) is 7.04. The smallest absolute Gasteiger partial charge is 0.263 e. The number of benzene rings is 2. The average Bonchev–Trinajstić information content (AvgIpc) is 3.01. The summed E-state index contributed by atoms with van der Waals surface area (Å²) in [6, 6.07) is 18.0. The first kappa shape index (κ1) is 18.7. The number of fused-ring (bicyclic) bond motifs is 1. The lowest BCUT2D eigenvalue weighted by molar-refractivity contribution is -0.600. The van der Waals surface area contributed by atoms with E-state index in [0.717, 1.165) is 34.1 Å². The number of hydrogen-bond donors (Lipinski definition) is 0. The highest BCUT2D eigenvalue weighted by molar-refractivity contribution is 6.20. The summed E-state index contributed by atoms with van der Waals surface area (Å²) < 4.78 is 5.99. The summed E-state index contributed by atoms with van der Waals surface area (Å²) in [7, 11) is 0. The fraction of sp³-hybridized carbons (Fsp3) is 0.217. The van der Waals surface area contributed by atoms with Crippen LogP contribution in [0, 0.1) is 5.41 Å². The molecular weight excluding hydrogens is 370 g/mol. The highest BCUT2D eigenvalue weighted by atomic mass is 35.5. The van der Waals surface area contributed by atoms with Gasteiger partial charge in [0, 0.05) is 5.41 Å². The van der Waals surface area contributed by atoms with Crippen molar-refractivity contribution in [3.05, 3.63) is 89.5 Å². The van der Waals surface area contributed by atoms with Crippen molar-refractivity contribution in [2.75, 3.05) is 0 Å². The summed E-state index contributed by atoms with van der Waals surface area (Å²) in [4.78, 5) is 9.22. The summed E-state index contributed by atoms with van der Waals surface area (Å²) in [6.45, 7) is 6.92. The SMILES string of the molecule is CC(C)(C)C1=C2C=NC=C[N+]2(Cl)C(c2cccc(OCc3ccccc3)c2)=N1. The van der Waals surface area contributed by atoms with Gasteiger partial charge in [0.05, 0.1) is 18.0 Å². The van der Waals surface area contributed by atoms with Gasteiger partial charge in [-0.2, -0.15) is 4.99 Å². The topological polar surface area (TPSA) is 34.0 Å². The second-order valence-corrected chi connectivity index (χ2v) is 8.47. The molecule has 2 aromatic rings. The van der Waals surface area contributed by atoms with Gasteiger partial charge in [-0.05, 0) is 23.8 Å². The maximum atomic E-state index is 7.03. The van der Waals surface area contributed by atoms with Crippen molar-refractivity contribution in [1.29, 1.82) is 0 Å². The quantitative estimate of drug-likeness (QED) is 0.604. The number of hydrogen-bond acceptors (Lipinski definition) is 3. The van der Waals surface area contributed by atoms with E-state index in [1.165, 1.54) is 0 Å². The first-order valence-electron chi connectivity index (χ1n) is 9.29. The van der Waals surface area contributed by atoms with Crippen molar-refractivity contribution in [2.45, 2.75) is 27.4 Å². The standard InChI is InChI=1S/C23H23ClN3O/c1-23(2,3)21-20-15-25-12-13-27(20,24)22(26-21)18-10-7-11-19(14-18)28-16-17-8-5-4-6-9-17/h4-15H,16H2,1-3H3/q+1. The summed E-state index contributed by atoms with van der Waals surface area (Å²) in [6.07, 6.45) is 5.37. The van der Waals surface area contributed by atoms with Crippen LogP contribution in [0.15, 0.2) is 88.4 Å². The van der Waals surface area contributed by atoms with Gasteiger partial charge in [-0.1, -0.05) is 57.2 Å². The second-order valence-electron chi connectivity index (χ2n) is 7.93. The first-order chi connectivity index (χ1) is 13.4. The van der Waals surface area contributed by atoms with Gasteiger partial charge in [-0.15, -0.1) is 4.00 Å². The van der Waals surface area contributed by atoms with Gasteiger partial charge in [0.1, 0.15) is 24.3 Å². The Labute approximate surface area is 170 Å². The third kappa shape index (κ3) is 3.41. The zero-order valence-electron chi connectivity index (χ0n) is 16.3. The fourth-order valence-corrected chi connectivity index (χ4v) is 3.62. The van der Waals surface area contributed by atoms with Crippen molar-refractivity contribution in [3.63, 3.8) is 0 Å². The van der Waals surface area contributed by atoms with Crippen molar-refractivity contribution in [1.82, 2.24) is 0 Å². The van der Waals surface area contributed by atoms with Crippen LogP contribution in [0.1, 0.15) is 31.9 Å². The van der Waals surface area contributed by atoms with E-state index in [0.29, 0.717) is 6.61 Å². The molecule has 0 amide bonds. The zero-order chi connectivity index (χ0) is 19.8. The molecule has 4 nitrogen and oxygen atoms in total. The molecule has 142 valence electrons. The molecule has 0 radical (unpaired) electrons. The van der Waals surface area contributed by atoms with Gasteiger partial charge < -0.3 is 4.74 Å². The zero-order valence-corrected chi connectivity index (χ0v) is 17.0. The van der Waals surface area contributed by atoms with Gasteiger partial charge in [0.2, 0.25) is 5.70 Å². The van der Waals surface area contributed by atoms with E-state index >= 15 is 0 Å². The number of amidine groups is 1. The van der Waals surface area contributed by atoms with E-state index in [2.05, 4.69) is 25.8 Å². The third-order valence-corrected chi connectivity index (χ3v) is 5.18. The molecule has 5 heteroatoms. The predicted molar refractivity (Wildman–Crippen MR) is 114 cm³/mol. The molecule has 1 atom stereocenters. The van der Waals surface area contributed by atoms with Crippen molar-refractivity contribution >= 4 is 23.8 Å². The average molecular weight is 393 g/mol. The van der Waals surface area contributed by atoms with Crippen LogP contribution in [-0.2, 0) is 6.61 Å². The Balaban J connectivity index is 1.66. The molecule has 0 saturated carbocycles. The van der Waals surface area contributed by atoms with Gasteiger partial charge in [-0.25, -0.2) is 0 Å². The molecule has 0 N–H and O–H groups in total. The highest BCUT2D eigenvalue weighted by Crippen LogP contribution is 2.43. The van der Waals surface area contributed by atoms with Gasteiger partial charge in [0.25, 0.3) is 5.84 Å². The van der Waals surface area contributed by atoms with Crippen LogP contribution in [0.25, 0.3) is 0 Å². The van der Waals surface area contributed by atoms with Crippen LogP contribution < -0.4 is 4.74 Å². The maximum absolute atomic E-state index is 7.03. The summed E-state index contributed by atoms with van der Waals surface area (Å²) in [5, 5.41) is 0. The van der Waals surface area contributed by atoms with Crippen LogP contribution >= 0.6 is 11.8 Å². The van der Waals surface area contributed by atoms with Crippen LogP contribution in [0.3, 0.4) is 0 Å². The first-order valence-corrected chi connectivity index (χ1v) is 9.63. The molecule has 0 bridgehead atoms. The van der Waals surface area contributed by atoms with Crippen LogP contribution in [-0.4, -0.2) is 16.1 Å². The van der Waals surface area contributed by atoms with Crippen LogP contribution in [0.4, 0.5) is 0 Å². The van der Waals surface area contributed by atoms with E-state index in [9.17, 15) is 0 Å². The lowest BCUT2D eigenvalue weighted by atomic mass is 9.91. The predicted octanol–water partition coefficient (Wildman–Crippen LogP) is 5.81. The Morgan fingerprint density at radius 1 is 1.04 bits per heavy atom. The number of ether oxygens (including phenoxy) is 1. The Kier molecular flexibility index (Phi) is 4.69. The van der Waals surface area contributed by atoms with E-state index < -0.39 is 0 Å². The molecule has 2 aliphatic heterocycles. The number of quaternary nitrogens is 1. The molecule has 0 aromatic heterocycles. The molecule has 28 heavy (non-hydrogen) atoms. The summed E-state index contributed by atoms with van der Waals surface area (Å²) in [5.74, 6) is 1.54. The maximum Gasteiger partial charge on any atom is 0.263 e. The number of aliphatic imine (C=N–C) groups is 2. The molecule has 1 unspecified atom stereocenters. The normalized spacial score (nSPS) is 20.9. The van der Waals surface area contributed by atoms with E-state index in [1.54, 1.807) is 12.4 Å². The van der Waals surface area contributed by atoms with Crippen LogP contribution in [0.5, 0.6) is 5.75 Å². The number of halogens is 1. The number of nitrogens with zero attached hydrogens (tertiary/aromatic N) is 3. The Morgan fingerprint density at radius 2 is 1.82 bits per heavy atom. The monoisotopic (exact) mass is 392 g/mol. The highest BCUT2D eigenvalue weighted by Gasteiger charge is 2.48. The van der Waals surface area contributed by atoms with Gasteiger partial charge in [-0.3, -0.25) is 4.99 Å². The minimum Gasteiger partial charge on any atom is -0.489 e. The lowest BCUT2D eigenvalue weighted by Crippen LogP contribution is -2.38. The summed E-state index contributed by atoms with van der Waals surface area (Å²) in [5.41, 5.74) is 3.75. The van der Waals surface area contributed by atoms with Gasteiger partial charge >= 0.3 is 0 Å². The molecular formula is C23H23ClN3O+. The molecule has 0 fully saturated rings. The Hall–Kier alpha value is -2.69. The minimum atomic E-state index is -0.145. The largest absolute Gasteiger partial charge is 0.489 e. The lowest BCUT2D eigenvalue weighted by Gasteiger charge is -2.24.